The number of benzene rings is 1. The summed E-state index contributed by atoms with van der Waals surface area (Å²) >= 11 is 0. The quantitative estimate of drug-likeness (QED) is 0.751. The van der Waals surface area contributed by atoms with E-state index in [0.29, 0.717) is 43.2 Å². The first-order valence-electron chi connectivity index (χ1n) is 8.94. The first-order valence-corrected chi connectivity index (χ1v) is 8.94. The molecular formula is C19H28N2O6. The summed E-state index contributed by atoms with van der Waals surface area (Å²) in [7, 11) is 4.70. The summed E-state index contributed by atoms with van der Waals surface area (Å²) in [5.74, 6) is 0.662. The van der Waals surface area contributed by atoms with E-state index in [1.165, 1.54) is 0 Å². The minimum atomic E-state index is -0.855. The van der Waals surface area contributed by atoms with E-state index in [2.05, 4.69) is 5.32 Å². The molecule has 8 heteroatoms. The summed E-state index contributed by atoms with van der Waals surface area (Å²) in [6, 6.07) is 3.28. The van der Waals surface area contributed by atoms with Gasteiger partial charge in [0, 0.05) is 37.3 Å². The molecule has 150 valence electrons. The number of nitrogens with one attached hydrogen (secondary N) is 1. The normalized spacial score (nSPS) is 19.3. The zero-order valence-corrected chi connectivity index (χ0v) is 16.3. The highest BCUT2D eigenvalue weighted by molar-refractivity contribution is 5.76. The molecule has 1 aromatic carbocycles. The Balaban J connectivity index is 1.99. The average molecular weight is 380 g/mol. The van der Waals surface area contributed by atoms with Crippen molar-refractivity contribution in [2.24, 2.45) is 11.8 Å². The van der Waals surface area contributed by atoms with Gasteiger partial charge >= 0.3 is 12.0 Å². The molecule has 1 heterocycles. The van der Waals surface area contributed by atoms with E-state index in [0.717, 1.165) is 5.56 Å². The molecule has 27 heavy (non-hydrogen) atoms. The number of carboxylic acids is 1. The molecule has 0 radical (unpaired) electrons. The lowest BCUT2D eigenvalue weighted by Gasteiger charge is -2.34. The van der Waals surface area contributed by atoms with E-state index in [4.69, 9.17) is 14.2 Å². The van der Waals surface area contributed by atoms with E-state index in [-0.39, 0.29) is 18.5 Å². The summed E-state index contributed by atoms with van der Waals surface area (Å²) in [6.07, 6.45) is 1.10. The van der Waals surface area contributed by atoms with Crippen molar-refractivity contribution in [2.45, 2.75) is 19.8 Å². The molecule has 2 amide bonds. The number of carbonyl (C=O) groups is 2. The SMILES string of the molecule is COc1cc(OC)c(CCNC(=O)N2CC(C)CC(C(=O)O)C2)c(OC)c1. The molecule has 1 fully saturated rings. The fourth-order valence-corrected chi connectivity index (χ4v) is 3.43. The Morgan fingerprint density at radius 2 is 1.78 bits per heavy atom. The van der Waals surface area contributed by atoms with Crippen molar-refractivity contribution < 1.29 is 28.9 Å². The summed E-state index contributed by atoms with van der Waals surface area (Å²) < 4.78 is 16.1. The first kappa shape index (κ1) is 20.7. The van der Waals surface area contributed by atoms with Gasteiger partial charge in [-0.2, -0.15) is 0 Å². The maximum atomic E-state index is 12.5. The minimum Gasteiger partial charge on any atom is -0.496 e. The lowest BCUT2D eigenvalue weighted by molar-refractivity contribution is -0.143. The van der Waals surface area contributed by atoms with Crippen LogP contribution in [0.3, 0.4) is 0 Å². The van der Waals surface area contributed by atoms with Gasteiger partial charge in [0.2, 0.25) is 0 Å². The fourth-order valence-electron chi connectivity index (χ4n) is 3.43. The van der Waals surface area contributed by atoms with Gasteiger partial charge in [0.25, 0.3) is 0 Å². The summed E-state index contributed by atoms with van der Waals surface area (Å²) in [5, 5.41) is 12.1. The second-order valence-electron chi connectivity index (χ2n) is 6.77. The second kappa shape index (κ2) is 9.34. The van der Waals surface area contributed by atoms with Crippen LogP contribution < -0.4 is 19.5 Å². The molecule has 0 aliphatic carbocycles. The second-order valence-corrected chi connectivity index (χ2v) is 6.77. The van der Waals surface area contributed by atoms with Crippen molar-refractivity contribution in [3.8, 4) is 17.2 Å². The van der Waals surface area contributed by atoms with Crippen LogP contribution in [0.1, 0.15) is 18.9 Å². The number of methoxy groups -OCH3 is 3. The summed E-state index contributed by atoms with van der Waals surface area (Å²) in [4.78, 5) is 25.3. The number of carboxylic acid groups (broad SMARTS) is 1. The molecule has 8 nitrogen and oxygen atoms in total. The Kier molecular flexibility index (Phi) is 7.15. The smallest absolute Gasteiger partial charge is 0.317 e. The number of piperidine rings is 1. The number of nitrogens with zero attached hydrogens (tertiary/aromatic N) is 1. The average Bonchev–Trinajstić information content (AvgIpc) is 2.66. The summed E-state index contributed by atoms with van der Waals surface area (Å²) in [6.45, 7) is 3.13. The number of hydrogen-bond acceptors (Lipinski definition) is 5. The predicted molar refractivity (Wildman–Crippen MR) is 99.7 cm³/mol. The number of ether oxygens (including phenoxy) is 3. The number of aliphatic carboxylic acids is 1. The largest absolute Gasteiger partial charge is 0.496 e. The molecule has 1 aliphatic rings. The molecule has 2 N–H and O–H groups in total. The summed E-state index contributed by atoms with van der Waals surface area (Å²) in [5.41, 5.74) is 0.830. The molecule has 1 saturated heterocycles. The van der Waals surface area contributed by atoms with E-state index < -0.39 is 11.9 Å². The van der Waals surface area contributed by atoms with Crippen molar-refractivity contribution in [1.82, 2.24) is 10.2 Å². The van der Waals surface area contributed by atoms with Crippen molar-refractivity contribution in [3.05, 3.63) is 17.7 Å². The zero-order valence-electron chi connectivity index (χ0n) is 16.3. The minimum absolute atomic E-state index is 0.160. The van der Waals surface area contributed by atoms with Crippen LogP contribution >= 0.6 is 0 Å². The van der Waals surface area contributed by atoms with Crippen LogP contribution in [0.2, 0.25) is 0 Å². The fraction of sp³-hybridized carbons (Fsp3) is 0.579. The monoisotopic (exact) mass is 380 g/mol. The third kappa shape index (κ3) is 5.18. The molecule has 1 aromatic rings. The van der Waals surface area contributed by atoms with Crippen molar-refractivity contribution in [1.29, 1.82) is 0 Å². The van der Waals surface area contributed by atoms with Gasteiger partial charge in [-0.3, -0.25) is 4.79 Å². The third-order valence-electron chi connectivity index (χ3n) is 4.76. The molecule has 2 atom stereocenters. The highest BCUT2D eigenvalue weighted by Crippen LogP contribution is 2.34. The van der Waals surface area contributed by atoms with Crippen LogP contribution in [0.5, 0.6) is 17.2 Å². The molecule has 2 rings (SSSR count). The van der Waals surface area contributed by atoms with Gasteiger partial charge in [-0.05, 0) is 18.8 Å². The van der Waals surface area contributed by atoms with Gasteiger partial charge in [-0.15, -0.1) is 0 Å². The van der Waals surface area contributed by atoms with Crippen LogP contribution in [0, 0.1) is 11.8 Å². The Labute approximate surface area is 159 Å². The number of rotatable bonds is 7. The van der Waals surface area contributed by atoms with Gasteiger partial charge in [0.15, 0.2) is 0 Å². The number of likely N-dealkylation sites (tertiary alicyclic amines) is 1. The van der Waals surface area contributed by atoms with Gasteiger partial charge in [0.1, 0.15) is 17.2 Å². The zero-order chi connectivity index (χ0) is 20.0. The molecule has 0 spiro atoms. The van der Waals surface area contributed by atoms with Gasteiger partial charge < -0.3 is 29.5 Å². The molecule has 2 unspecified atom stereocenters. The van der Waals surface area contributed by atoms with Crippen LogP contribution in [-0.4, -0.2) is 63.0 Å². The van der Waals surface area contributed by atoms with Crippen molar-refractivity contribution in [2.75, 3.05) is 41.0 Å². The topological polar surface area (TPSA) is 97.3 Å². The van der Waals surface area contributed by atoms with Crippen molar-refractivity contribution in [3.63, 3.8) is 0 Å². The number of amides is 2. The van der Waals surface area contributed by atoms with E-state index in [1.807, 2.05) is 6.92 Å². The first-order chi connectivity index (χ1) is 12.9. The third-order valence-corrected chi connectivity index (χ3v) is 4.76. The van der Waals surface area contributed by atoms with Crippen LogP contribution in [-0.2, 0) is 11.2 Å². The maximum Gasteiger partial charge on any atom is 0.317 e. The van der Waals surface area contributed by atoms with E-state index in [1.54, 1.807) is 38.4 Å². The highest BCUT2D eigenvalue weighted by atomic mass is 16.5. The Hall–Kier alpha value is -2.64. The Bertz CT molecular complexity index is 653. The number of urea groups is 1. The van der Waals surface area contributed by atoms with Crippen LogP contribution in [0.4, 0.5) is 4.79 Å². The van der Waals surface area contributed by atoms with Crippen molar-refractivity contribution >= 4 is 12.0 Å². The maximum absolute atomic E-state index is 12.5. The molecule has 0 aromatic heterocycles. The predicted octanol–water partition coefficient (Wildman–Crippen LogP) is 2.01. The molecule has 0 saturated carbocycles. The van der Waals surface area contributed by atoms with Gasteiger partial charge in [-0.1, -0.05) is 6.92 Å². The van der Waals surface area contributed by atoms with Gasteiger partial charge in [-0.25, -0.2) is 4.79 Å². The van der Waals surface area contributed by atoms with Crippen LogP contribution in [0.25, 0.3) is 0 Å². The Morgan fingerprint density at radius 3 is 2.30 bits per heavy atom. The highest BCUT2D eigenvalue weighted by Gasteiger charge is 2.31. The van der Waals surface area contributed by atoms with E-state index >= 15 is 0 Å². The number of hydrogen-bond donors (Lipinski definition) is 2. The van der Waals surface area contributed by atoms with E-state index in [9.17, 15) is 14.7 Å². The molecule has 0 bridgehead atoms. The van der Waals surface area contributed by atoms with Gasteiger partial charge in [0.05, 0.1) is 27.2 Å². The standard InChI is InChI=1S/C19H28N2O6/c1-12-7-13(18(22)23)11-21(10-12)19(24)20-6-5-15-16(26-3)8-14(25-2)9-17(15)27-4/h8-9,12-13H,5-7,10-11H2,1-4H3,(H,20,24)(H,22,23). The lowest BCUT2D eigenvalue weighted by atomic mass is 9.91. The van der Waals surface area contributed by atoms with Crippen LogP contribution in [0.15, 0.2) is 12.1 Å². The molecule has 1 aliphatic heterocycles. The molecular weight excluding hydrogens is 352 g/mol. The Morgan fingerprint density at radius 1 is 1.15 bits per heavy atom. The lowest BCUT2D eigenvalue weighted by Crippen LogP contribution is -2.49. The number of carbonyl (C=O) groups excluding carboxylic acids is 1.